The lowest BCUT2D eigenvalue weighted by Gasteiger charge is -2.18. The predicted octanol–water partition coefficient (Wildman–Crippen LogP) is -2.90. The summed E-state index contributed by atoms with van der Waals surface area (Å²) >= 11 is 0. The van der Waals surface area contributed by atoms with Gasteiger partial charge < -0.3 is 15.5 Å². The second-order valence-electron chi connectivity index (χ2n) is 6.19. The van der Waals surface area contributed by atoms with Crippen molar-refractivity contribution in [1.29, 1.82) is 0 Å². The summed E-state index contributed by atoms with van der Waals surface area (Å²) in [5.41, 5.74) is 7.70. The van der Waals surface area contributed by atoms with Crippen LogP contribution in [0.25, 0.3) is 11.1 Å². The summed E-state index contributed by atoms with van der Waals surface area (Å²) in [6, 6.07) is 17.3. The van der Waals surface area contributed by atoms with Gasteiger partial charge in [0.25, 0.3) is 0 Å². The first-order chi connectivity index (χ1) is 13.5. The number of ketones is 1. The summed E-state index contributed by atoms with van der Waals surface area (Å²) < 4.78 is 0. The van der Waals surface area contributed by atoms with Crippen LogP contribution in [0.4, 0.5) is 0 Å². The van der Waals surface area contributed by atoms with Gasteiger partial charge in [0.2, 0.25) is 0 Å². The maximum atomic E-state index is 12.5. The number of nitrogens with one attached hydrogen (secondary N) is 4. The van der Waals surface area contributed by atoms with E-state index < -0.39 is 12.3 Å². The van der Waals surface area contributed by atoms with E-state index in [1.54, 1.807) is 0 Å². The fourth-order valence-electron chi connectivity index (χ4n) is 2.69. The van der Waals surface area contributed by atoms with Gasteiger partial charge in [0.05, 0.1) is 6.04 Å². The molecule has 0 aliphatic rings. The van der Waals surface area contributed by atoms with Crippen molar-refractivity contribution in [3.05, 3.63) is 60.2 Å². The van der Waals surface area contributed by atoms with Crippen LogP contribution in [-0.2, 0) is 11.2 Å². The molecule has 2 rings (SSSR count). The third kappa shape index (κ3) is 6.72. The SMILES string of the molecule is NNC(NN)=[NH+]CC(=O)C(Cc1ccc(-c2ccccc2)cc1)NCC(O)O. The van der Waals surface area contributed by atoms with Gasteiger partial charge in [-0.25, -0.2) is 10.9 Å². The molecule has 0 aliphatic heterocycles. The number of hydrogen-bond donors (Lipinski definition) is 8. The quantitative estimate of drug-likeness (QED) is 0.0748. The Kier molecular flexibility index (Phi) is 8.53. The van der Waals surface area contributed by atoms with Crippen molar-refractivity contribution in [2.24, 2.45) is 11.7 Å². The van der Waals surface area contributed by atoms with Gasteiger partial charge in [-0.15, -0.1) is 0 Å². The van der Waals surface area contributed by atoms with Crippen LogP contribution in [0.15, 0.2) is 54.6 Å². The highest BCUT2D eigenvalue weighted by Gasteiger charge is 2.20. The third-order valence-corrected chi connectivity index (χ3v) is 4.16. The van der Waals surface area contributed by atoms with Crippen LogP contribution >= 0.6 is 0 Å². The minimum Gasteiger partial charge on any atom is -0.367 e. The molecule has 2 aromatic rings. The molecule has 9 nitrogen and oxygen atoms in total. The average Bonchev–Trinajstić information content (AvgIpc) is 2.72. The van der Waals surface area contributed by atoms with Crippen LogP contribution in [0.1, 0.15) is 5.56 Å². The van der Waals surface area contributed by atoms with E-state index in [4.69, 9.17) is 21.9 Å². The average molecular weight is 387 g/mol. The number of carbonyl (C=O) groups is 1. The molecule has 0 spiro atoms. The smallest absolute Gasteiger partial charge is 0.367 e. The van der Waals surface area contributed by atoms with Crippen molar-refractivity contribution >= 4 is 11.7 Å². The Balaban J connectivity index is 2.08. The van der Waals surface area contributed by atoms with Crippen LogP contribution in [0.3, 0.4) is 0 Å². The highest BCUT2D eigenvalue weighted by Crippen LogP contribution is 2.19. The summed E-state index contributed by atoms with van der Waals surface area (Å²) in [4.78, 5) is 15.3. The molecule has 1 atom stereocenters. The summed E-state index contributed by atoms with van der Waals surface area (Å²) in [5, 5.41) is 21.1. The van der Waals surface area contributed by atoms with Crippen LogP contribution in [0.2, 0.25) is 0 Å². The lowest BCUT2D eigenvalue weighted by atomic mass is 9.99. The van der Waals surface area contributed by atoms with Crippen LogP contribution in [-0.4, -0.2) is 47.4 Å². The van der Waals surface area contributed by atoms with Crippen molar-refractivity contribution in [3.63, 3.8) is 0 Å². The maximum Gasteiger partial charge on any atom is 0.377 e. The number of hydrogen-bond acceptors (Lipinski definition) is 6. The molecule has 0 amide bonds. The molecular weight excluding hydrogens is 360 g/mol. The topological polar surface area (TPSA) is 160 Å². The molecule has 1 unspecified atom stereocenters. The van der Waals surface area contributed by atoms with Crippen molar-refractivity contribution in [2.75, 3.05) is 13.1 Å². The first-order valence-electron chi connectivity index (χ1n) is 8.84. The molecule has 0 saturated heterocycles. The number of benzene rings is 2. The number of Topliss-reactive ketones (excluding diaryl/α,β-unsaturated/α-hetero) is 1. The molecular formula is C19H27N6O3+. The Morgan fingerprint density at radius 3 is 2.14 bits per heavy atom. The van der Waals surface area contributed by atoms with E-state index in [1.165, 1.54) is 0 Å². The van der Waals surface area contributed by atoms with E-state index in [2.05, 4.69) is 21.2 Å². The maximum absolute atomic E-state index is 12.5. The molecule has 28 heavy (non-hydrogen) atoms. The van der Waals surface area contributed by atoms with E-state index in [0.717, 1.165) is 16.7 Å². The lowest BCUT2D eigenvalue weighted by Crippen LogP contribution is -2.83. The van der Waals surface area contributed by atoms with Crippen LogP contribution in [0.5, 0.6) is 0 Å². The Hall–Kier alpha value is -2.82. The Morgan fingerprint density at radius 2 is 1.57 bits per heavy atom. The Morgan fingerprint density at radius 1 is 0.964 bits per heavy atom. The van der Waals surface area contributed by atoms with Gasteiger partial charge in [-0.2, -0.15) is 11.7 Å². The van der Waals surface area contributed by atoms with Gasteiger partial charge in [0.15, 0.2) is 12.1 Å². The van der Waals surface area contributed by atoms with Gasteiger partial charge in [-0.1, -0.05) is 54.6 Å². The molecule has 0 saturated carbocycles. The fraction of sp³-hybridized carbons (Fsp3) is 0.263. The number of guanidine groups is 1. The summed E-state index contributed by atoms with van der Waals surface area (Å²) in [7, 11) is 0. The van der Waals surface area contributed by atoms with Gasteiger partial charge in [0, 0.05) is 6.54 Å². The number of hydrazine groups is 2. The van der Waals surface area contributed by atoms with Crippen LogP contribution in [0, 0.1) is 0 Å². The van der Waals surface area contributed by atoms with Crippen molar-refractivity contribution < 1.29 is 20.0 Å². The van der Waals surface area contributed by atoms with E-state index in [0.29, 0.717) is 6.42 Å². The van der Waals surface area contributed by atoms with Gasteiger partial charge in [-0.05, 0) is 23.1 Å². The molecule has 9 heteroatoms. The highest BCUT2D eigenvalue weighted by molar-refractivity contribution is 5.86. The molecule has 0 aliphatic carbocycles. The highest BCUT2D eigenvalue weighted by atomic mass is 16.5. The molecule has 10 N–H and O–H groups in total. The molecule has 0 heterocycles. The van der Waals surface area contributed by atoms with Gasteiger partial charge in [-0.3, -0.25) is 9.79 Å². The molecule has 0 fully saturated rings. The number of rotatable bonds is 9. The van der Waals surface area contributed by atoms with E-state index >= 15 is 0 Å². The first kappa shape index (κ1) is 21.5. The van der Waals surface area contributed by atoms with E-state index in [-0.39, 0.29) is 24.8 Å². The third-order valence-electron chi connectivity index (χ3n) is 4.16. The Labute approximate surface area is 163 Å². The Bertz CT molecular complexity index is 759. The largest absolute Gasteiger partial charge is 0.377 e. The summed E-state index contributed by atoms with van der Waals surface area (Å²) in [6.45, 7) is -0.176. The zero-order valence-corrected chi connectivity index (χ0v) is 15.4. The first-order valence-corrected chi connectivity index (χ1v) is 8.84. The van der Waals surface area contributed by atoms with Crippen molar-refractivity contribution in [2.45, 2.75) is 18.8 Å². The summed E-state index contributed by atoms with van der Waals surface area (Å²) in [5.74, 6) is 10.5. The second-order valence-corrected chi connectivity index (χ2v) is 6.19. The number of nitrogens with two attached hydrogens (primary N) is 2. The standard InChI is InChI=1S/C19H26N6O3/c20-24-19(25-21)23-11-17(26)16(22-12-18(27)28)10-13-6-8-15(9-7-13)14-4-2-1-3-5-14/h1-9,16,18,22,27-28H,10-12,20-21H2,(H2,23,24,25)/p+1. The number of aliphatic hydroxyl groups excluding tert-OH is 1. The second kappa shape index (κ2) is 11.1. The summed E-state index contributed by atoms with van der Waals surface area (Å²) in [6.07, 6.45) is -1.16. The number of aliphatic hydroxyl groups is 2. The molecule has 2 aromatic carbocycles. The van der Waals surface area contributed by atoms with Gasteiger partial charge in [0.1, 0.15) is 6.54 Å². The predicted molar refractivity (Wildman–Crippen MR) is 106 cm³/mol. The normalized spacial score (nSPS) is 11.8. The molecule has 150 valence electrons. The number of carbonyl (C=O) groups excluding carboxylic acids is 1. The van der Waals surface area contributed by atoms with Gasteiger partial charge >= 0.3 is 5.96 Å². The van der Waals surface area contributed by atoms with Crippen molar-refractivity contribution in [3.8, 4) is 11.1 Å². The zero-order valence-electron chi connectivity index (χ0n) is 15.4. The van der Waals surface area contributed by atoms with E-state index in [1.807, 2.05) is 54.6 Å². The molecule has 0 aromatic heterocycles. The minimum atomic E-state index is -1.55. The molecule has 0 radical (unpaired) electrons. The minimum absolute atomic E-state index is 0.0506. The monoisotopic (exact) mass is 387 g/mol. The van der Waals surface area contributed by atoms with E-state index in [9.17, 15) is 4.79 Å². The molecule has 0 bridgehead atoms. The zero-order chi connectivity index (χ0) is 20.4. The fourth-order valence-corrected chi connectivity index (χ4v) is 2.69. The lowest BCUT2D eigenvalue weighted by molar-refractivity contribution is -0.449. The van der Waals surface area contributed by atoms with Crippen LogP contribution < -0.4 is 32.8 Å². The van der Waals surface area contributed by atoms with Crippen molar-refractivity contribution in [1.82, 2.24) is 16.2 Å².